The molecule has 0 aromatic carbocycles. The van der Waals surface area contributed by atoms with Gasteiger partial charge in [-0.15, -0.1) is 0 Å². The Bertz CT molecular complexity index is 1840. The first-order chi connectivity index (χ1) is 45.2. The number of carbonyl (C=O) groups excluding carboxylic acids is 4. The average molecular weight is 1380 g/mol. The van der Waals surface area contributed by atoms with Gasteiger partial charge in [-0.25, -0.2) is 9.13 Å². The molecule has 0 amide bonds. The van der Waals surface area contributed by atoms with Gasteiger partial charge < -0.3 is 33.8 Å². The van der Waals surface area contributed by atoms with Gasteiger partial charge >= 0.3 is 39.5 Å². The van der Waals surface area contributed by atoms with Crippen LogP contribution in [-0.4, -0.2) is 96.7 Å². The number of unbranched alkanes of at least 4 members (excludes halogenated alkanes) is 41. The summed E-state index contributed by atoms with van der Waals surface area (Å²) in [6, 6.07) is 0. The molecule has 0 spiro atoms. The molecule has 17 nitrogen and oxygen atoms in total. The van der Waals surface area contributed by atoms with E-state index in [0.717, 1.165) is 102 Å². The molecule has 0 rings (SSSR count). The lowest BCUT2D eigenvalue weighted by Gasteiger charge is -2.21. The third-order valence-electron chi connectivity index (χ3n) is 17.4. The number of rotatable bonds is 73. The molecule has 0 aliphatic heterocycles. The summed E-state index contributed by atoms with van der Waals surface area (Å²) in [5, 5.41) is 10.6. The first-order valence-corrected chi connectivity index (χ1v) is 41.8. The van der Waals surface area contributed by atoms with E-state index in [9.17, 15) is 43.2 Å². The Hall–Kier alpha value is -1.94. The molecule has 0 fully saturated rings. The van der Waals surface area contributed by atoms with E-state index in [1.54, 1.807) is 0 Å². The van der Waals surface area contributed by atoms with Crippen molar-refractivity contribution in [1.29, 1.82) is 0 Å². The molecule has 0 aromatic rings. The van der Waals surface area contributed by atoms with Crippen LogP contribution in [0.15, 0.2) is 0 Å². The van der Waals surface area contributed by atoms with Crippen LogP contribution < -0.4 is 0 Å². The minimum atomic E-state index is -4.96. The maximum atomic E-state index is 13.1. The normalized spacial score (nSPS) is 14.1. The molecular formula is C75H146O17P2. The van der Waals surface area contributed by atoms with Gasteiger partial charge in [0.15, 0.2) is 12.2 Å². The second-order valence-electron chi connectivity index (χ2n) is 28.5. The second kappa shape index (κ2) is 65.7. The minimum absolute atomic E-state index is 0.101. The highest BCUT2D eigenvalue weighted by atomic mass is 31.2. The molecule has 2 unspecified atom stereocenters. The number of phosphoric ester groups is 2. The molecule has 0 bridgehead atoms. The number of carbonyl (C=O) groups is 4. The molecule has 0 aliphatic rings. The van der Waals surface area contributed by atoms with Crippen molar-refractivity contribution in [1.82, 2.24) is 0 Å². The first-order valence-electron chi connectivity index (χ1n) is 38.8. The number of phosphoric acid groups is 2. The van der Waals surface area contributed by atoms with Gasteiger partial charge in [0, 0.05) is 25.7 Å². The Balaban J connectivity index is 5.17. The molecule has 3 N–H and O–H groups in total. The summed E-state index contributed by atoms with van der Waals surface area (Å²) >= 11 is 0. The lowest BCUT2D eigenvalue weighted by molar-refractivity contribution is -0.161. The van der Waals surface area contributed by atoms with Crippen LogP contribution in [0.3, 0.4) is 0 Å². The topological polar surface area (TPSA) is 237 Å². The van der Waals surface area contributed by atoms with Crippen molar-refractivity contribution in [2.24, 2.45) is 17.8 Å². The van der Waals surface area contributed by atoms with Crippen LogP contribution in [-0.2, 0) is 65.4 Å². The highest BCUT2D eigenvalue weighted by Gasteiger charge is 2.30. The van der Waals surface area contributed by atoms with Gasteiger partial charge in [-0.2, -0.15) is 0 Å². The molecule has 5 atom stereocenters. The Morgan fingerprint density at radius 1 is 0.287 bits per heavy atom. The van der Waals surface area contributed by atoms with E-state index in [4.69, 9.17) is 37.0 Å². The largest absolute Gasteiger partial charge is 0.472 e. The van der Waals surface area contributed by atoms with Crippen molar-refractivity contribution in [2.75, 3.05) is 39.6 Å². The van der Waals surface area contributed by atoms with Crippen LogP contribution in [0, 0.1) is 17.8 Å². The van der Waals surface area contributed by atoms with E-state index in [2.05, 4.69) is 48.5 Å². The summed E-state index contributed by atoms with van der Waals surface area (Å²) in [5.41, 5.74) is 0. The van der Waals surface area contributed by atoms with Crippen molar-refractivity contribution in [2.45, 2.75) is 401 Å². The first kappa shape index (κ1) is 92.1. The number of esters is 4. The van der Waals surface area contributed by atoms with Crippen molar-refractivity contribution in [3.63, 3.8) is 0 Å². The molecule has 0 heterocycles. The molecular weight excluding hydrogens is 1230 g/mol. The monoisotopic (exact) mass is 1380 g/mol. The lowest BCUT2D eigenvalue weighted by Crippen LogP contribution is -2.30. The van der Waals surface area contributed by atoms with E-state index >= 15 is 0 Å². The maximum Gasteiger partial charge on any atom is 0.472 e. The predicted molar refractivity (Wildman–Crippen MR) is 381 cm³/mol. The van der Waals surface area contributed by atoms with Crippen molar-refractivity contribution >= 4 is 39.5 Å². The van der Waals surface area contributed by atoms with Gasteiger partial charge in [-0.3, -0.25) is 37.3 Å². The minimum Gasteiger partial charge on any atom is -0.462 e. The van der Waals surface area contributed by atoms with E-state index < -0.39 is 97.5 Å². The highest BCUT2D eigenvalue weighted by molar-refractivity contribution is 7.47. The van der Waals surface area contributed by atoms with Crippen LogP contribution in [0.2, 0.25) is 0 Å². The highest BCUT2D eigenvalue weighted by Crippen LogP contribution is 2.45. The smallest absolute Gasteiger partial charge is 0.462 e. The SMILES string of the molecule is CCCCCCCCCCCCCCCCCC(=O)OC[C@H](COP(=O)(O)OC[C@@H](O)COP(=O)(O)OC[C@@H](COC(=O)CCCCCCCCC(C)C)OC(=O)CCCCCCCCC(C)C)OC(=O)CCCCCCCCCCCCCCCCCCCCC(C)C. The molecule has 0 saturated carbocycles. The predicted octanol–water partition coefficient (Wildman–Crippen LogP) is 21.8. The summed E-state index contributed by atoms with van der Waals surface area (Å²) in [7, 11) is -9.91. The van der Waals surface area contributed by atoms with Crippen LogP contribution >= 0.6 is 15.6 Å². The van der Waals surface area contributed by atoms with Crippen LogP contribution in [0.5, 0.6) is 0 Å². The number of hydrogen-bond donors (Lipinski definition) is 3. The molecule has 0 aromatic heterocycles. The van der Waals surface area contributed by atoms with Crippen molar-refractivity contribution in [3.8, 4) is 0 Å². The zero-order valence-corrected chi connectivity index (χ0v) is 63.2. The fraction of sp³-hybridized carbons (Fsp3) is 0.947. The zero-order valence-electron chi connectivity index (χ0n) is 61.4. The Morgan fingerprint density at radius 3 is 0.723 bits per heavy atom. The van der Waals surface area contributed by atoms with E-state index in [0.29, 0.717) is 37.5 Å². The van der Waals surface area contributed by atoms with Gasteiger partial charge in [-0.05, 0) is 43.4 Å². The quantitative estimate of drug-likeness (QED) is 0.0222. The Labute approximate surface area is 575 Å². The molecule has 0 aliphatic carbocycles. The van der Waals surface area contributed by atoms with Gasteiger partial charge in [-0.1, -0.05) is 331 Å². The summed E-state index contributed by atoms with van der Waals surface area (Å²) in [4.78, 5) is 72.6. The Morgan fingerprint density at radius 2 is 0.489 bits per heavy atom. The third-order valence-corrected chi connectivity index (χ3v) is 19.3. The van der Waals surface area contributed by atoms with E-state index in [1.807, 2.05) is 0 Å². The Kier molecular flexibility index (Phi) is 64.3. The average Bonchev–Trinajstić information content (AvgIpc) is 1.47. The molecule has 558 valence electrons. The summed E-state index contributed by atoms with van der Waals surface area (Å²) in [6.07, 6.45) is 51.8. The lowest BCUT2D eigenvalue weighted by atomic mass is 10.0. The van der Waals surface area contributed by atoms with Crippen LogP contribution in [0.25, 0.3) is 0 Å². The van der Waals surface area contributed by atoms with Gasteiger partial charge in [0.05, 0.1) is 26.4 Å². The van der Waals surface area contributed by atoms with Gasteiger partial charge in [0.2, 0.25) is 0 Å². The number of ether oxygens (including phenoxy) is 4. The van der Waals surface area contributed by atoms with Gasteiger partial charge in [0.1, 0.15) is 19.3 Å². The van der Waals surface area contributed by atoms with Crippen LogP contribution in [0.4, 0.5) is 0 Å². The van der Waals surface area contributed by atoms with Crippen molar-refractivity contribution in [3.05, 3.63) is 0 Å². The van der Waals surface area contributed by atoms with Crippen molar-refractivity contribution < 1.29 is 80.2 Å². The summed E-state index contributed by atoms with van der Waals surface area (Å²) < 4.78 is 68.4. The fourth-order valence-electron chi connectivity index (χ4n) is 11.4. The molecule has 19 heteroatoms. The molecule has 0 radical (unpaired) electrons. The zero-order chi connectivity index (χ0) is 69.4. The third kappa shape index (κ3) is 68.6. The fourth-order valence-corrected chi connectivity index (χ4v) is 13.0. The number of hydrogen-bond acceptors (Lipinski definition) is 15. The van der Waals surface area contributed by atoms with Crippen LogP contribution in [0.1, 0.15) is 382 Å². The maximum absolute atomic E-state index is 13.1. The molecule has 0 saturated heterocycles. The molecule has 94 heavy (non-hydrogen) atoms. The second-order valence-corrected chi connectivity index (χ2v) is 31.4. The summed E-state index contributed by atoms with van der Waals surface area (Å²) in [6.45, 7) is 11.7. The van der Waals surface area contributed by atoms with E-state index in [1.165, 1.54) is 186 Å². The van der Waals surface area contributed by atoms with E-state index in [-0.39, 0.29) is 25.7 Å². The number of aliphatic hydroxyl groups excluding tert-OH is 1. The van der Waals surface area contributed by atoms with Gasteiger partial charge in [0.25, 0.3) is 0 Å². The summed E-state index contributed by atoms with van der Waals surface area (Å²) in [5.74, 6) is 0.0430. The number of aliphatic hydroxyl groups is 1. The standard InChI is InChI=1S/C75H146O17P2/c1-8-9-10-11-12-13-14-15-20-24-27-30-33-42-49-56-72(77)85-62-70(91-74(79)58-51-44-34-31-28-25-22-19-17-16-18-21-23-26-29-32-39-46-53-66(2)3)64-89-93(81,82)87-60-69(76)61-88-94(83,84)90-65-71(92-75(80)59-52-45-38-36-41-48-55-68(6)7)63-86-73(78)57-50-43-37-35-40-47-54-67(4)5/h66-71,76H,8-65H2,1-7H3,(H,81,82)(H,83,84)/t69-,70-,71-/m1/s1.